The van der Waals surface area contributed by atoms with E-state index in [1.54, 1.807) is 7.11 Å². The maximum absolute atomic E-state index is 12.3. The summed E-state index contributed by atoms with van der Waals surface area (Å²) in [4.78, 5) is 14.7. The number of benzene rings is 2. The van der Waals surface area contributed by atoms with Crippen molar-refractivity contribution in [3.8, 4) is 17.2 Å². The van der Waals surface area contributed by atoms with Gasteiger partial charge in [-0.2, -0.15) is 0 Å². The minimum atomic E-state index is -0.0792. The summed E-state index contributed by atoms with van der Waals surface area (Å²) >= 11 is 0. The van der Waals surface area contributed by atoms with Gasteiger partial charge in [0.15, 0.2) is 6.61 Å². The molecular formula is C24H32N2O4. The minimum Gasteiger partial charge on any atom is -0.496 e. The second-order valence-corrected chi connectivity index (χ2v) is 7.54. The Balaban J connectivity index is 1.37. The van der Waals surface area contributed by atoms with E-state index in [1.807, 2.05) is 42.5 Å². The molecule has 0 unspecified atom stereocenters. The molecular weight excluding hydrogens is 380 g/mol. The number of hydrogen-bond donors (Lipinski definition) is 1. The van der Waals surface area contributed by atoms with Crippen molar-refractivity contribution in [2.24, 2.45) is 0 Å². The maximum atomic E-state index is 12.3. The van der Waals surface area contributed by atoms with Crippen molar-refractivity contribution in [3.63, 3.8) is 0 Å². The maximum Gasteiger partial charge on any atom is 0.258 e. The summed E-state index contributed by atoms with van der Waals surface area (Å²) in [5.74, 6) is 2.33. The van der Waals surface area contributed by atoms with Crippen LogP contribution < -0.4 is 19.5 Å². The number of ether oxygens (including phenoxy) is 3. The smallest absolute Gasteiger partial charge is 0.258 e. The van der Waals surface area contributed by atoms with Gasteiger partial charge in [0.1, 0.15) is 17.2 Å². The predicted molar refractivity (Wildman–Crippen MR) is 117 cm³/mol. The molecule has 0 saturated carbocycles. The Morgan fingerprint density at radius 1 is 1.03 bits per heavy atom. The zero-order valence-corrected chi connectivity index (χ0v) is 17.9. The molecule has 1 amide bonds. The van der Waals surface area contributed by atoms with Gasteiger partial charge in [-0.15, -0.1) is 0 Å². The molecule has 1 aliphatic heterocycles. The van der Waals surface area contributed by atoms with Crippen molar-refractivity contribution >= 4 is 5.91 Å². The molecule has 162 valence electrons. The van der Waals surface area contributed by atoms with Crippen molar-refractivity contribution in [3.05, 3.63) is 54.1 Å². The first-order valence-corrected chi connectivity index (χ1v) is 10.7. The van der Waals surface area contributed by atoms with Crippen molar-refractivity contribution in [1.82, 2.24) is 10.2 Å². The molecule has 0 aliphatic carbocycles. The molecule has 0 spiro atoms. The largest absolute Gasteiger partial charge is 0.496 e. The molecule has 2 aromatic rings. The highest BCUT2D eigenvalue weighted by Gasteiger charge is 2.21. The number of carbonyl (C=O) groups is 1. The number of para-hydroxylation sites is 1. The second kappa shape index (κ2) is 11.5. The number of likely N-dealkylation sites (tertiary alicyclic amines) is 1. The third-order valence-electron chi connectivity index (χ3n) is 5.21. The number of rotatable bonds is 10. The quantitative estimate of drug-likeness (QED) is 0.646. The molecule has 0 bridgehead atoms. The van der Waals surface area contributed by atoms with Crippen molar-refractivity contribution in [2.75, 3.05) is 33.4 Å². The molecule has 0 radical (unpaired) electrons. The van der Waals surface area contributed by atoms with Gasteiger partial charge >= 0.3 is 0 Å². The number of carbonyl (C=O) groups excluding carboxylic acids is 1. The van der Waals surface area contributed by atoms with Crippen molar-refractivity contribution < 1.29 is 19.0 Å². The first-order chi connectivity index (χ1) is 14.7. The van der Waals surface area contributed by atoms with Crippen molar-refractivity contribution in [1.29, 1.82) is 0 Å². The monoisotopic (exact) mass is 412 g/mol. The normalized spacial score (nSPS) is 14.9. The average Bonchev–Trinajstić information content (AvgIpc) is 2.78. The highest BCUT2D eigenvalue weighted by atomic mass is 16.5. The summed E-state index contributed by atoms with van der Waals surface area (Å²) in [5.41, 5.74) is 1.20. The summed E-state index contributed by atoms with van der Waals surface area (Å²) in [7, 11) is 1.71. The van der Waals surface area contributed by atoms with E-state index in [0.717, 1.165) is 50.4 Å². The fourth-order valence-electron chi connectivity index (χ4n) is 3.58. The van der Waals surface area contributed by atoms with E-state index >= 15 is 0 Å². The van der Waals surface area contributed by atoms with E-state index in [-0.39, 0.29) is 18.6 Å². The summed E-state index contributed by atoms with van der Waals surface area (Å²) in [5, 5.41) is 3.10. The number of hydrogen-bond acceptors (Lipinski definition) is 5. The summed E-state index contributed by atoms with van der Waals surface area (Å²) in [6.45, 7) is 5.55. The number of nitrogens with zero attached hydrogens (tertiary/aromatic N) is 1. The summed E-state index contributed by atoms with van der Waals surface area (Å²) in [6.07, 6.45) is 2.84. The second-order valence-electron chi connectivity index (χ2n) is 7.54. The van der Waals surface area contributed by atoms with Crippen LogP contribution >= 0.6 is 0 Å². The average molecular weight is 413 g/mol. The standard InChI is InChI=1S/C24H32N2O4/c1-3-16-29-21-8-10-22(11-9-21)30-18-24(27)25-20-12-14-26(15-13-20)17-19-6-4-5-7-23(19)28-2/h4-11,20H,3,12-18H2,1-2H3,(H,25,27). The van der Waals surface area contributed by atoms with Crippen LogP contribution in [0.2, 0.25) is 0 Å². The van der Waals surface area contributed by atoms with Gasteiger partial charge in [0.2, 0.25) is 0 Å². The zero-order valence-electron chi connectivity index (χ0n) is 17.9. The third-order valence-corrected chi connectivity index (χ3v) is 5.21. The van der Waals surface area contributed by atoms with E-state index in [1.165, 1.54) is 5.56 Å². The lowest BCUT2D eigenvalue weighted by molar-refractivity contribution is -0.124. The van der Waals surface area contributed by atoms with Crippen LogP contribution in [0.4, 0.5) is 0 Å². The van der Waals surface area contributed by atoms with Crippen LogP contribution in [-0.2, 0) is 11.3 Å². The first-order valence-electron chi connectivity index (χ1n) is 10.7. The topological polar surface area (TPSA) is 60.0 Å². The Bertz CT molecular complexity index is 786. The van der Waals surface area contributed by atoms with Gasteiger partial charge in [0.05, 0.1) is 13.7 Å². The Labute approximate surface area is 179 Å². The zero-order chi connectivity index (χ0) is 21.2. The number of methoxy groups -OCH3 is 1. The van der Waals surface area contributed by atoms with Crippen LogP contribution in [0.25, 0.3) is 0 Å². The molecule has 0 atom stereocenters. The summed E-state index contributed by atoms with van der Waals surface area (Å²) < 4.78 is 16.6. The lowest BCUT2D eigenvalue weighted by atomic mass is 10.0. The first kappa shape index (κ1) is 22.0. The predicted octanol–water partition coefficient (Wildman–Crippen LogP) is 3.64. The molecule has 3 rings (SSSR count). The van der Waals surface area contributed by atoms with Crippen LogP contribution in [0.3, 0.4) is 0 Å². The van der Waals surface area contributed by atoms with Gasteiger partial charge in [-0.3, -0.25) is 9.69 Å². The molecule has 0 aromatic heterocycles. The Hall–Kier alpha value is -2.73. The van der Waals surface area contributed by atoms with Gasteiger partial charge in [0.25, 0.3) is 5.91 Å². The number of nitrogens with one attached hydrogen (secondary N) is 1. The van der Waals surface area contributed by atoms with E-state index in [4.69, 9.17) is 14.2 Å². The van der Waals surface area contributed by atoms with Gasteiger partial charge < -0.3 is 19.5 Å². The number of piperidine rings is 1. The SMILES string of the molecule is CCCOc1ccc(OCC(=O)NC2CCN(Cc3ccccc3OC)CC2)cc1. The van der Waals surface area contributed by atoms with Crippen molar-refractivity contribution in [2.45, 2.75) is 38.8 Å². The van der Waals surface area contributed by atoms with Crippen LogP contribution in [0.15, 0.2) is 48.5 Å². The van der Waals surface area contributed by atoms with Gasteiger partial charge in [-0.1, -0.05) is 25.1 Å². The Kier molecular flexibility index (Phi) is 8.39. The highest BCUT2D eigenvalue weighted by molar-refractivity contribution is 5.77. The molecule has 30 heavy (non-hydrogen) atoms. The molecule has 1 N–H and O–H groups in total. The van der Waals surface area contributed by atoms with E-state index in [0.29, 0.717) is 12.4 Å². The lowest BCUT2D eigenvalue weighted by Gasteiger charge is -2.32. The fraction of sp³-hybridized carbons (Fsp3) is 0.458. The third kappa shape index (κ3) is 6.66. The Morgan fingerprint density at radius 3 is 2.37 bits per heavy atom. The van der Waals surface area contributed by atoms with Crippen LogP contribution in [0.5, 0.6) is 17.2 Å². The fourth-order valence-corrected chi connectivity index (χ4v) is 3.58. The molecule has 1 fully saturated rings. The lowest BCUT2D eigenvalue weighted by Crippen LogP contribution is -2.45. The molecule has 6 heteroatoms. The summed E-state index contributed by atoms with van der Waals surface area (Å²) in [6, 6.07) is 15.7. The minimum absolute atomic E-state index is 0.0244. The van der Waals surface area contributed by atoms with Gasteiger partial charge in [-0.25, -0.2) is 0 Å². The van der Waals surface area contributed by atoms with Crippen LogP contribution in [0.1, 0.15) is 31.7 Å². The molecule has 1 heterocycles. The Morgan fingerprint density at radius 2 is 1.70 bits per heavy atom. The molecule has 1 saturated heterocycles. The van der Waals surface area contributed by atoms with Crippen LogP contribution in [-0.4, -0.2) is 50.3 Å². The molecule has 6 nitrogen and oxygen atoms in total. The van der Waals surface area contributed by atoms with Gasteiger partial charge in [0, 0.05) is 31.2 Å². The molecule has 1 aliphatic rings. The van der Waals surface area contributed by atoms with E-state index < -0.39 is 0 Å². The van der Waals surface area contributed by atoms with E-state index in [2.05, 4.69) is 23.2 Å². The van der Waals surface area contributed by atoms with E-state index in [9.17, 15) is 4.79 Å². The van der Waals surface area contributed by atoms with Crippen LogP contribution in [0, 0.1) is 0 Å². The highest BCUT2D eigenvalue weighted by Crippen LogP contribution is 2.21. The van der Waals surface area contributed by atoms with Gasteiger partial charge in [-0.05, 0) is 49.6 Å². The molecule has 2 aromatic carbocycles. The number of amides is 1.